The van der Waals surface area contributed by atoms with Crippen LogP contribution in [0.4, 0.5) is 0 Å². The van der Waals surface area contributed by atoms with E-state index in [2.05, 4.69) is 50.3 Å². The molecule has 0 aromatic heterocycles. The summed E-state index contributed by atoms with van der Waals surface area (Å²) in [5.41, 5.74) is 0. The topological polar surface area (TPSA) is 132 Å². The summed E-state index contributed by atoms with van der Waals surface area (Å²) < 4.78 is 33.2. The molecule has 52 heavy (non-hydrogen) atoms. The Bertz CT molecular complexity index is 908. The lowest BCUT2D eigenvalue weighted by atomic mass is 10.1. The first-order valence-electron chi connectivity index (χ1n) is 21.0. The third kappa shape index (κ3) is 38.4. The number of allylic oxidation sites excluding steroid dienone is 6. The number of hydrogen-bond donors (Lipinski definition) is 3. The van der Waals surface area contributed by atoms with E-state index >= 15 is 0 Å². The van der Waals surface area contributed by atoms with E-state index in [1.807, 2.05) is 0 Å². The van der Waals surface area contributed by atoms with Gasteiger partial charge in [0.15, 0.2) is 0 Å². The Balaban J connectivity index is 4.00. The van der Waals surface area contributed by atoms with E-state index in [4.69, 9.17) is 23.6 Å². The Morgan fingerprint density at radius 3 is 1.56 bits per heavy atom. The fourth-order valence-corrected chi connectivity index (χ4v) is 6.39. The first-order valence-corrected chi connectivity index (χ1v) is 22.5. The molecule has 0 rings (SSSR count). The number of phosphoric ester groups is 1. The van der Waals surface area contributed by atoms with Crippen LogP contribution in [0, 0.1) is 0 Å². The zero-order valence-corrected chi connectivity index (χ0v) is 34.2. The standard InChI is InChI=1S/C42H79O9P/c1-3-5-7-9-11-12-13-14-15-16-17-18-19-20-21-22-23-24-25-26-27-29-31-33-35-48-38-41(39-50-52(46,47)49-37-40(44)36-43)51-42(45)34-32-30-28-10-8-6-4-2/h13-14,16-17,19-20,40-41,43-44H,3-12,15,18,21-39H2,1-2H3,(H,46,47)/b14-13-,17-16-,20-19-. The minimum absolute atomic E-state index is 0.0465. The maximum atomic E-state index is 12.5. The van der Waals surface area contributed by atoms with Gasteiger partial charge in [0.2, 0.25) is 0 Å². The first-order chi connectivity index (χ1) is 25.3. The van der Waals surface area contributed by atoms with Crippen LogP contribution in [0.15, 0.2) is 36.5 Å². The van der Waals surface area contributed by atoms with Crippen molar-refractivity contribution in [2.45, 2.75) is 193 Å². The molecule has 3 atom stereocenters. The number of aliphatic hydroxyl groups excluding tert-OH is 2. The summed E-state index contributed by atoms with van der Waals surface area (Å²) in [5, 5.41) is 18.3. The molecule has 10 heteroatoms. The molecular weight excluding hydrogens is 679 g/mol. The number of rotatable bonds is 40. The molecule has 0 radical (unpaired) electrons. The zero-order chi connectivity index (χ0) is 38.2. The van der Waals surface area contributed by atoms with E-state index in [-0.39, 0.29) is 19.6 Å². The van der Waals surface area contributed by atoms with Gasteiger partial charge in [-0.1, -0.05) is 159 Å². The number of hydrogen-bond acceptors (Lipinski definition) is 8. The summed E-state index contributed by atoms with van der Waals surface area (Å²) >= 11 is 0. The summed E-state index contributed by atoms with van der Waals surface area (Å²) in [7, 11) is -4.51. The van der Waals surface area contributed by atoms with Gasteiger partial charge >= 0.3 is 13.8 Å². The molecule has 0 heterocycles. The van der Waals surface area contributed by atoms with Gasteiger partial charge in [-0.15, -0.1) is 0 Å². The number of ether oxygens (including phenoxy) is 2. The van der Waals surface area contributed by atoms with Gasteiger partial charge in [-0.25, -0.2) is 4.57 Å². The molecule has 0 aliphatic rings. The molecule has 0 aromatic rings. The van der Waals surface area contributed by atoms with Crippen LogP contribution >= 0.6 is 7.82 Å². The molecule has 0 bridgehead atoms. The van der Waals surface area contributed by atoms with Crippen LogP contribution in [0.1, 0.15) is 181 Å². The van der Waals surface area contributed by atoms with E-state index in [1.54, 1.807) is 0 Å². The Labute approximate surface area is 318 Å². The smallest absolute Gasteiger partial charge is 0.457 e. The summed E-state index contributed by atoms with van der Waals surface area (Å²) in [4.78, 5) is 22.4. The number of unbranched alkanes of at least 4 members (excludes halogenated alkanes) is 20. The molecule has 3 unspecified atom stereocenters. The van der Waals surface area contributed by atoms with Crippen molar-refractivity contribution >= 4 is 13.8 Å². The van der Waals surface area contributed by atoms with Crippen molar-refractivity contribution in [3.05, 3.63) is 36.5 Å². The van der Waals surface area contributed by atoms with Crippen molar-refractivity contribution in [1.82, 2.24) is 0 Å². The lowest BCUT2D eigenvalue weighted by molar-refractivity contribution is -0.154. The minimum atomic E-state index is -4.51. The molecule has 9 nitrogen and oxygen atoms in total. The number of phosphoric acid groups is 1. The second kappa shape index (κ2) is 39.4. The van der Waals surface area contributed by atoms with Crippen LogP contribution < -0.4 is 0 Å². The molecule has 0 aliphatic heterocycles. The second-order valence-electron chi connectivity index (χ2n) is 14.0. The van der Waals surface area contributed by atoms with Crippen LogP contribution in [0.25, 0.3) is 0 Å². The number of aliphatic hydroxyl groups is 2. The van der Waals surface area contributed by atoms with Crippen molar-refractivity contribution in [3.63, 3.8) is 0 Å². The second-order valence-corrected chi connectivity index (χ2v) is 15.5. The summed E-state index contributed by atoms with van der Waals surface area (Å²) in [6, 6.07) is 0. The molecule has 0 spiro atoms. The van der Waals surface area contributed by atoms with Gasteiger partial charge in [0.1, 0.15) is 12.2 Å². The highest BCUT2D eigenvalue weighted by atomic mass is 31.2. The van der Waals surface area contributed by atoms with Gasteiger partial charge in [0, 0.05) is 13.0 Å². The normalized spacial score (nSPS) is 14.5. The molecule has 0 aliphatic carbocycles. The molecule has 0 saturated heterocycles. The van der Waals surface area contributed by atoms with E-state index in [9.17, 15) is 19.4 Å². The highest BCUT2D eigenvalue weighted by Crippen LogP contribution is 2.43. The van der Waals surface area contributed by atoms with Gasteiger partial charge in [0.25, 0.3) is 0 Å². The van der Waals surface area contributed by atoms with E-state index in [0.717, 1.165) is 51.4 Å². The predicted molar refractivity (Wildman–Crippen MR) is 214 cm³/mol. The van der Waals surface area contributed by atoms with Crippen molar-refractivity contribution in [1.29, 1.82) is 0 Å². The highest BCUT2D eigenvalue weighted by Gasteiger charge is 2.26. The molecule has 306 valence electrons. The Kier molecular flexibility index (Phi) is 38.4. The Hall–Kier alpha value is -1.32. The average Bonchev–Trinajstić information content (AvgIpc) is 3.13. The Morgan fingerprint density at radius 2 is 1.04 bits per heavy atom. The largest absolute Gasteiger partial charge is 0.472 e. The van der Waals surface area contributed by atoms with Crippen molar-refractivity contribution in [2.75, 3.05) is 33.0 Å². The van der Waals surface area contributed by atoms with Crippen LogP contribution in [-0.2, 0) is 27.9 Å². The number of carbonyl (C=O) groups is 1. The third-order valence-electron chi connectivity index (χ3n) is 8.83. The van der Waals surface area contributed by atoms with Crippen LogP contribution in [0.2, 0.25) is 0 Å². The lowest BCUT2D eigenvalue weighted by Gasteiger charge is -2.20. The fraction of sp³-hybridized carbons (Fsp3) is 0.833. The molecule has 0 aromatic carbocycles. The van der Waals surface area contributed by atoms with Crippen LogP contribution in [-0.4, -0.2) is 66.3 Å². The van der Waals surface area contributed by atoms with Gasteiger partial charge in [0.05, 0.1) is 26.4 Å². The Morgan fingerprint density at radius 1 is 0.596 bits per heavy atom. The lowest BCUT2D eigenvalue weighted by Crippen LogP contribution is -2.29. The van der Waals surface area contributed by atoms with Gasteiger partial charge in [-0.3, -0.25) is 13.8 Å². The van der Waals surface area contributed by atoms with Crippen LogP contribution in [0.3, 0.4) is 0 Å². The number of esters is 1. The molecule has 0 amide bonds. The molecule has 0 saturated carbocycles. The quantitative estimate of drug-likeness (QED) is 0.0242. The minimum Gasteiger partial charge on any atom is -0.457 e. The highest BCUT2D eigenvalue weighted by molar-refractivity contribution is 7.47. The summed E-state index contributed by atoms with van der Waals surface area (Å²) in [5.74, 6) is -0.392. The van der Waals surface area contributed by atoms with Gasteiger partial charge in [-0.2, -0.15) is 0 Å². The maximum Gasteiger partial charge on any atom is 0.472 e. The predicted octanol–water partition coefficient (Wildman–Crippen LogP) is 11.3. The van der Waals surface area contributed by atoms with E-state index in [1.165, 1.54) is 109 Å². The van der Waals surface area contributed by atoms with Gasteiger partial charge < -0.3 is 24.6 Å². The third-order valence-corrected chi connectivity index (χ3v) is 9.78. The first kappa shape index (κ1) is 50.7. The summed E-state index contributed by atoms with van der Waals surface area (Å²) in [6.45, 7) is 3.44. The van der Waals surface area contributed by atoms with E-state index < -0.39 is 39.2 Å². The number of carbonyl (C=O) groups excluding carboxylic acids is 1. The van der Waals surface area contributed by atoms with Crippen molar-refractivity contribution < 1.29 is 43.0 Å². The van der Waals surface area contributed by atoms with Crippen molar-refractivity contribution in [2.24, 2.45) is 0 Å². The maximum absolute atomic E-state index is 12.5. The fourth-order valence-electron chi connectivity index (χ4n) is 5.60. The molecule has 3 N–H and O–H groups in total. The van der Waals surface area contributed by atoms with Crippen LogP contribution in [0.5, 0.6) is 0 Å². The zero-order valence-electron chi connectivity index (χ0n) is 33.3. The average molecular weight is 759 g/mol. The van der Waals surface area contributed by atoms with E-state index in [0.29, 0.717) is 6.61 Å². The SMILES string of the molecule is CCCCCCC/C=C\C/C=C\C/C=C\CCCCCCCCCCCOCC(COP(=O)(O)OCC(O)CO)OC(=O)CCCCCCCCC. The monoisotopic (exact) mass is 759 g/mol. The molecule has 0 fully saturated rings. The molecular formula is C42H79O9P. The van der Waals surface area contributed by atoms with Crippen molar-refractivity contribution in [3.8, 4) is 0 Å². The summed E-state index contributed by atoms with van der Waals surface area (Å²) in [6.07, 6.45) is 41.3. The van der Waals surface area contributed by atoms with Gasteiger partial charge in [-0.05, 0) is 51.4 Å².